The molecule has 118 valence electrons. The Hall–Kier alpha value is -2.04. The van der Waals surface area contributed by atoms with Crippen molar-refractivity contribution < 1.29 is 14.3 Å². The minimum Gasteiger partial charge on any atom is -0.493 e. The number of likely N-dealkylation sites (tertiary alicyclic amines) is 1. The number of hydrogen-bond donors (Lipinski definition) is 1. The average molecular weight is 302 g/mol. The Kier molecular flexibility index (Phi) is 4.61. The fourth-order valence-corrected chi connectivity index (χ4v) is 3.04. The lowest BCUT2D eigenvalue weighted by atomic mass is 9.97. The van der Waals surface area contributed by atoms with Crippen LogP contribution >= 0.6 is 0 Å². The van der Waals surface area contributed by atoms with Crippen molar-refractivity contribution in [3.63, 3.8) is 0 Å². The standard InChI is InChI=1S/C17H22N2O3/c20-16(11-19-8-4-3-7-17(19)21)18-10-13-9-14-5-1-2-6-15(14)22-12-13/h1-2,5-6,13H,3-4,7-12H2,(H,18,20). The summed E-state index contributed by atoms with van der Waals surface area (Å²) < 4.78 is 5.72. The number of carbonyl (C=O) groups is 2. The van der Waals surface area contributed by atoms with E-state index in [2.05, 4.69) is 11.4 Å². The Morgan fingerprint density at radius 2 is 2.18 bits per heavy atom. The van der Waals surface area contributed by atoms with Crippen molar-refractivity contribution in [3.8, 4) is 5.75 Å². The Morgan fingerprint density at radius 3 is 3.05 bits per heavy atom. The molecule has 1 N–H and O–H groups in total. The van der Waals surface area contributed by atoms with Crippen molar-refractivity contribution in [1.29, 1.82) is 0 Å². The van der Waals surface area contributed by atoms with E-state index >= 15 is 0 Å². The van der Waals surface area contributed by atoms with Gasteiger partial charge in [0.15, 0.2) is 0 Å². The lowest BCUT2D eigenvalue weighted by Crippen LogP contribution is -2.44. The zero-order valence-electron chi connectivity index (χ0n) is 12.7. The SMILES string of the molecule is O=C(CN1CCCCC1=O)NCC1COc2ccccc2C1. The first-order valence-corrected chi connectivity index (χ1v) is 7.97. The van der Waals surface area contributed by atoms with E-state index in [1.54, 1.807) is 4.90 Å². The van der Waals surface area contributed by atoms with Crippen LogP contribution in [0.25, 0.3) is 0 Å². The summed E-state index contributed by atoms with van der Waals surface area (Å²) in [6, 6.07) is 8.02. The van der Waals surface area contributed by atoms with Crippen LogP contribution in [0.3, 0.4) is 0 Å². The van der Waals surface area contributed by atoms with E-state index in [4.69, 9.17) is 4.74 Å². The zero-order chi connectivity index (χ0) is 15.4. The molecule has 0 radical (unpaired) electrons. The quantitative estimate of drug-likeness (QED) is 0.914. The topological polar surface area (TPSA) is 58.6 Å². The summed E-state index contributed by atoms with van der Waals surface area (Å²) in [6.45, 7) is 2.10. The molecule has 0 aromatic heterocycles. The monoisotopic (exact) mass is 302 g/mol. The minimum atomic E-state index is -0.0749. The van der Waals surface area contributed by atoms with Gasteiger partial charge in [0, 0.05) is 25.4 Å². The number of amides is 2. The van der Waals surface area contributed by atoms with Crippen LogP contribution in [-0.4, -0.2) is 43.0 Å². The zero-order valence-corrected chi connectivity index (χ0v) is 12.7. The van der Waals surface area contributed by atoms with E-state index < -0.39 is 0 Å². The van der Waals surface area contributed by atoms with Gasteiger partial charge in [-0.25, -0.2) is 0 Å². The molecule has 1 atom stereocenters. The van der Waals surface area contributed by atoms with Crippen molar-refractivity contribution >= 4 is 11.8 Å². The molecule has 2 heterocycles. The summed E-state index contributed by atoms with van der Waals surface area (Å²) in [5.74, 6) is 1.25. The van der Waals surface area contributed by atoms with Crippen molar-refractivity contribution in [3.05, 3.63) is 29.8 Å². The van der Waals surface area contributed by atoms with E-state index in [1.807, 2.05) is 18.2 Å². The highest BCUT2D eigenvalue weighted by Crippen LogP contribution is 2.26. The normalized spacial score (nSPS) is 21.0. The molecule has 2 aliphatic heterocycles. The van der Waals surface area contributed by atoms with Gasteiger partial charge in [-0.1, -0.05) is 18.2 Å². The number of fused-ring (bicyclic) bond motifs is 1. The first-order chi connectivity index (χ1) is 10.7. The molecule has 5 nitrogen and oxygen atoms in total. The second-order valence-corrected chi connectivity index (χ2v) is 6.07. The van der Waals surface area contributed by atoms with Crippen LogP contribution in [0.5, 0.6) is 5.75 Å². The predicted octanol–water partition coefficient (Wildman–Crippen LogP) is 1.37. The summed E-state index contributed by atoms with van der Waals surface area (Å²) in [6.07, 6.45) is 3.42. The third kappa shape index (κ3) is 3.59. The molecule has 2 aliphatic rings. The summed E-state index contributed by atoms with van der Waals surface area (Å²) in [7, 11) is 0. The van der Waals surface area contributed by atoms with Crippen molar-refractivity contribution in [2.24, 2.45) is 5.92 Å². The molecule has 22 heavy (non-hydrogen) atoms. The first kappa shape index (κ1) is 14.9. The van der Waals surface area contributed by atoms with Gasteiger partial charge < -0.3 is 15.0 Å². The third-order valence-electron chi connectivity index (χ3n) is 4.30. The van der Waals surface area contributed by atoms with Gasteiger partial charge in [0.2, 0.25) is 11.8 Å². The molecule has 3 rings (SSSR count). The number of hydrogen-bond acceptors (Lipinski definition) is 3. The summed E-state index contributed by atoms with van der Waals surface area (Å²) >= 11 is 0. The number of para-hydroxylation sites is 1. The van der Waals surface area contributed by atoms with E-state index in [0.717, 1.165) is 25.0 Å². The molecule has 0 saturated carbocycles. The highest BCUT2D eigenvalue weighted by Gasteiger charge is 2.22. The molecule has 1 aromatic carbocycles. The molecule has 1 fully saturated rings. The van der Waals surface area contributed by atoms with Gasteiger partial charge in [0.05, 0.1) is 13.2 Å². The van der Waals surface area contributed by atoms with Crippen LogP contribution < -0.4 is 10.1 Å². The van der Waals surface area contributed by atoms with Crippen LogP contribution in [0.1, 0.15) is 24.8 Å². The van der Waals surface area contributed by atoms with Crippen LogP contribution in [-0.2, 0) is 16.0 Å². The van der Waals surface area contributed by atoms with Crippen molar-refractivity contribution in [2.75, 3.05) is 26.2 Å². The number of rotatable bonds is 4. The average Bonchev–Trinajstić information content (AvgIpc) is 2.55. The highest BCUT2D eigenvalue weighted by atomic mass is 16.5. The van der Waals surface area contributed by atoms with E-state index in [0.29, 0.717) is 26.1 Å². The Balaban J connectivity index is 1.45. The smallest absolute Gasteiger partial charge is 0.239 e. The molecule has 0 bridgehead atoms. The number of piperidine rings is 1. The molecule has 1 saturated heterocycles. The molecule has 0 spiro atoms. The minimum absolute atomic E-state index is 0.0749. The maximum Gasteiger partial charge on any atom is 0.239 e. The van der Waals surface area contributed by atoms with Crippen LogP contribution in [0, 0.1) is 5.92 Å². The lowest BCUT2D eigenvalue weighted by Gasteiger charge is -2.27. The molecule has 1 unspecified atom stereocenters. The Morgan fingerprint density at radius 1 is 1.32 bits per heavy atom. The lowest BCUT2D eigenvalue weighted by molar-refractivity contribution is -0.137. The fraction of sp³-hybridized carbons (Fsp3) is 0.529. The van der Waals surface area contributed by atoms with Crippen molar-refractivity contribution in [2.45, 2.75) is 25.7 Å². The van der Waals surface area contributed by atoms with E-state index in [-0.39, 0.29) is 24.3 Å². The number of nitrogens with one attached hydrogen (secondary N) is 1. The van der Waals surface area contributed by atoms with Crippen molar-refractivity contribution in [1.82, 2.24) is 10.2 Å². The molecular weight excluding hydrogens is 280 g/mol. The van der Waals surface area contributed by atoms with Gasteiger partial charge in [0.1, 0.15) is 5.75 Å². The number of benzene rings is 1. The Labute approximate surface area is 130 Å². The molecular formula is C17H22N2O3. The van der Waals surface area contributed by atoms with Gasteiger partial charge in [-0.05, 0) is 30.9 Å². The van der Waals surface area contributed by atoms with Gasteiger partial charge in [-0.15, -0.1) is 0 Å². The summed E-state index contributed by atoms with van der Waals surface area (Å²) in [5.41, 5.74) is 1.19. The largest absolute Gasteiger partial charge is 0.493 e. The second-order valence-electron chi connectivity index (χ2n) is 6.07. The molecule has 0 aliphatic carbocycles. The van der Waals surface area contributed by atoms with E-state index in [1.165, 1.54) is 5.56 Å². The van der Waals surface area contributed by atoms with Crippen LogP contribution in [0.2, 0.25) is 0 Å². The molecule has 5 heteroatoms. The number of nitrogens with zero attached hydrogens (tertiary/aromatic N) is 1. The maximum absolute atomic E-state index is 12.0. The first-order valence-electron chi connectivity index (χ1n) is 7.97. The van der Waals surface area contributed by atoms with E-state index in [9.17, 15) is 9.59 Å². The summed E-state index contributed by atoms with van der Waals surface area (Å²) in [4.78, 5) is 25.4. The van der Waals surface area contributed by atoms with Gasteiger partial charge >= 0.3 is 0 Å². The third-order valence-corrected chi connectivity index (χ3v) is 4.30. The van der Waals surface area contributed by atoms with Crippen LogP contribution in [0.15, 0.2) is 24.3 Å². The fourth-order valence-electron chi connectivity index (χ4n) is 3.04. The van der Waals surface area contributed by atoms with Gasteiger partial charge in [-0.3, -0.25) is 9.59 Å². The highest BCUT2D eigenvalue weighted by molar-refractivity contribution is 5.85. The van der Waals surface area contributed by atoms with Crippen LogP contribution in [0.4, 0.5) is 0 Å². The maximum atomic E-state index is 12.0. The summed E-state index contributed by atoms with van der Waals surface area (Å²) in [5, 5.41) is 2.94. The number of ether oxygens (including phenoxy) is 1. The molecule has 1 aromatic rings. The van der Waals surface area contributed by atoms with Gasteiger partial charge in [0.25, 0.3) is 0 Å². The van der Waals surface area contributed by atoms with Gasteiger partial charge in [-0.2, -0.15) is 0 Å². The number of carbonyl (C=O) groups excluding carboxylic acids is 2. The predicted molar refractivity (Wildman–Crippen MR) is 82.6 cm³/mol. The molecule has 2 amide bonds. The Bertz CT molecular complexity index is 559. The second kappa shape index (κ2) is 6.81.